The normalized spacial score (nSPS) is 10.7. The second-order valence-electron chi connectivity index (χ2n) is 4.37. The van der Waals surface area contributed by atoms with Crippen LogP contribution in [0.15, 0.2) is 18.2 Å². The van der Waals surface area contributed by atoms with E-state index in [-0.39, 0.29) is 5.97 Å². The summed E-state index contributed by atoms with van der Waals surface area (Å²) in [5.74, 6) is 2.17. The van der Waals surface area contributed by atoms with E-state index in [4.69, 9.17) is 11.2 Å². The van der Waals surface area contributed by atoms with Crippen molar-refractivity contribution in [3.63, 3.8) is 0 Å². The van der Waals surface area contributed by atoms with Crippen LogP contribution >= 0.6 is 22.6 Å². The van der Waals surface area contributed by atoms with E-state index in [1.54, 1.807) is 12.1 Å². The van der Waals surface area contributed by atoms with Crippen molar-refractivity contribution in [1.29, 1.82) is 0 Å². The highest BCUT2D eigenvalue weighted by atomic mass is 127. The molecule has 0 amide bonds. The first-order chi connectivity index (χ1) is 7.31. The quantitative estimate of drug-likeness (QED) is 0.449. The number of carbonyl (C=O) groups excluding carboxylic acids is 1. The number of hydrogen-bond acceptors (Lipinski definition) is 2. The summed E-state index contributed by atoms with van der Waals surface area (Å²) in [6.45, 7) is 5.50. The van der Waals surface area contributed by atoms with Crippen LogP contribution in [0.2, 0.25) is 0 Å². The van der Waals surface area contributed by atoms with Crippen molar-refractivity contribution < 1.29 is 9.53 Å². The van der Waals surface area contributed by atoms with Crippen LogP contribution in [0.5, 0.6) is 0 Å². The van der Waals surface area contributed by atoms with Crippen LogP contribution in [0, 0.1) is 15.9 Å². The number of ether oxygens (including phenoxy) is 1. The Kier molecular flexibility index (Phi) is 3.98. The van der Waals surface area contributed by atoms with Crippen LogP contribution in [-0.4, -0.2) is 11.6 Å². The van der Waals surface area contributed by atoms with Crippen LogP contribution in [0.25, 0.3) is 0 Å². The molecule has 0 fully saturated rings. The molecule has 0 aliphatic carbocycles. The first-order valence-corrected chi connectivity index (χ1v) is 5.90. The molecule has 0 spiro atoms. The van der Waals surface area contributed by atoms with Crippen LogP contribution in [0.4, 0.5) is 0 Å². The van der Waals surface area contributed by atoms with Crippen LogP contribution in [-0.2, 0) is 4.74 Å². The summed E-state index contributed by atoms with van der Waals surface area (Å²) >= 11 is 2.12. The fourth-order valence-corrected chi connectivity index (χ4v) is 1.80. The Balaban J connectivity index is 3.01. The Bertz CT molecular complexity index is 450. The molecule has 0 aromatic heterocycles. The Hall–Kier alpha value is -1.02. The third kappa shape index (κ3) is 3.86. The van der Waals surface area contributed by atoms with E-state index in [0.29, 0.717) is 11.1 Å². The minimum Gasteiger partial charge on any atom is -0.456 e. The lowest BCUT2D eigenvalue weighted by atomic mass is 10.1. The molecule has 0 aliphatic rings. The summed E-state index contributed by atoms with van der Waals surface area (Å²) in [4.78, 5) is 11.8. The zero-order valence-electron chi connectivity index (χ0n) is 9.50. The monoisotopic (exact) mass is 328 g/mol. The minimum absolute atomic E-state index is 0.345. The van der Waals surface area contributed by atoms with Crippen LogP contribution in [0.1, 0.15) is 36.7 Å². The lowest BCUT2D eigenvalue weighted by molar-refractivity contribution is 0.00694. The Labute approximate surface area is 110 Å². The third-order valence-corrected chi connectivity index (χ3v) is 2.32. The molecule has 0 saturated heterocycles. The maximum Gasteiger partial charge on any atom is 0.338 e. The van der Waals surface area contributed by atoms with E-state index >= 15 is 0 Å². The number of carbonyl (C=O) groups is 1. The molecular formula is C13H13IO2. The van der Waals surface area contributed by atoms with Crippen molar-refractivity contribution in [3.8, 4) is 12.3 Å². The molecule has 0 N–H and O–H groups in total. The lowest BCUT2D eigenvalue weighted by Gasteiger charge is -2.19. The van der Waals surface area contributed by atoms with E-state index in [9.17, 15) is 4.79 Å². The molecular weight excluding hydrogens is 315 g/mol. The molecule has 0 heterocycles. The molecule has 0 unspecified atom stereocenters. The summed E-state index contributed by atoms with van der Waals surface area (Å²) in [5.41, 5.74) is 0.692. The highest BCUT2D eigenvalue weighted by Crippen LogP contribution is 2.16. The predicted octanol–water partition coefficient (Wildman–Crippen LogP) is 3.23. The number of halogens is 1. The van der Waals surface area contributed by atoms with Gasteiger partial charge in [-0.1, -0.05) is 5.92 Å². The van der Waals surface area contributed by atoms with Gasteiger partial charge in [-0.2, -0.15) is 0 Å². The zero-order valence-corrected chi connectivity index (χ0v) is 11.7. The van der Waals surface area contributed by atoms with Crippen molar-refractivity contribution in [3.05, 3.63) is 32.9 Å². The molecule has 2 nitrogen and oxygen atoms in total. The van der Waals surface area contributed by atoms with Crippen molar-refractivity contribution in [2.45, 2.75) is 26.4 Å². The fraction of sp³-hybridized carbons (Fsp3) is 0.308. The average Bonchev–Trinajstić information content (AvgIpc) is 2.14. The van der Waals surface area contributed by atoms with Gasteiger partial charge in [-0.25, -0.2) is 4.79 Å². The van der Waals surface area contributed by atoms with Crippen LogP contribution in [0.3, 0.4) is 0 Å². The summed E-state index contributed by atoms with van der Waals surface area (Å²) in [6, 6.07) is 5.26. The topological polar surface area (TPSA) is 26.3 Å². The highest BCUT2D eigenvalue weighted by molar-refractivity contribution is 14.1. The van der Waals surface area contributed by atoms with Gasteiger partial charge in [0.1, 0.15) is 5.60 Å². The molecule has 1 aromatic carbocycles. The molecule has 3 heteroatoms. The van der Waals surface area contributed by atoms with Gasteiger partial charge in [0, 0.05) is 9.13 Å². The van der Waals surface area contributed by atoms with Crippen molar-refractivity contribution in [2.24, 2.45) is 0 Å². The Morgan fingerprint density at radius 1 is 1.38 bits per heavy atom. The Morgan fingerprint density at radius 2 is 2.00 bits per heavy atom. The van der Waals surface area contributed by atoms with Gasteiger partial charge in [0.05, 0.1) is 5.56 Å². The third-order valence-electron chi connectivity index (χ3n) is 1.70. The molecule has 84 valence electrons. The maximum atomic E-state index is 11.8. The average molecular weight is 328 g/mol. The molecule has 0 radical (unpaired) electrons. The van der Waals surface area contributed by atoms with Gasteiger partial charge in [-0.3, -0.25) is 0 Å². The van der Waals surface area contributed by atoms with Gasteiger partial charge < -0.3 is 4.74 Å². The van der Waals surface area contributed by atoms with E-state index < -0.39 is 5.60 Å². The number of esters is 1. The van der Waals surface area contributed by atoms with Crippen molar-refractivity contribution >= 4 is 28.6 Å². The van der Waals surface area contributed by atoms with Gasteiger partial charge >= 0.3 is 5.97 Å². The fourth-order valence-electron chi connectivity index (χ4n) is 1.13. The van der Waals surface area contributed by atoms with Crippen molar-refractivity contribution in [2.75, 3.05) is 0 Å². The van der Waals surface area contributed by atoms with Crippen LogP contribution < -0.4 is 0 Å². The smallest absolute Gasteiger partial charge is 0.338 e. The second-order valence-corrected chi connectivity index (χ2v) is 5.62. The second kappa shape index (κ2) is 4.88. The zero-order chi connectivity index (χ0) is 12.3. The highest BCUT2D eigenvalue weighted by Gasteiger charge is 2.18. The first-order valence-electron chi connectivity index (χ1n) is 4.82. The standard InChI is InChI=1S/C13H13IO2/c1-5-9-6-10(8-11(14)7-9)12(15)16-13(2,3)4/h1,6-8H,2-4H3. The number of hydrogen-bond donors (Lipinski definition) is 0. The van der Waals surface area contributed by atoms with Crippen molar-refractivity contribution in [1.82, 2.24) is 0 Å². The van der Waals surface area contributed by atoms with Gasteiger partial charge in [0.15, 0.2) is 0 Å². The number of terminal acetylenes is 1. The van der Waals surface area contributed by atoms with E-state index in [2.05, 4.69) is 28.5 Å². The number of rotatable bonds is 1. The molecule has 1 aromatic rings. The molecule has 1 rings (SSSR count). The molecule has 16 heavy (non-hydrogen) atoms. The van der Waals surface area contributed by atoms with E-state index in [1.165, 1.54) is 0 Å². The maximum absolute atomic E-state index is 11.8. The SMILES string of the molecule is C#Cc1cc(I)cc(C(=O)OC(C)(C)C)c1. The van der Waals surface area contributed by atoms with E-state index in [1.807, 2.05) is 26.8 Å². The lowest BCUT2D eigenvalue weighted by Crippen LogP contribution is -2.24. The summed E-state index contributed by atoms with van der Waals surface area (Å²) in [6.07, 6.45) is 5.31. The van der Waals surface area contributed by atoms with Gasteiger partial charge in [-0.15, -0.1) is 6.42 Å². The molecule has 0 atom stereocenters. The van der Waals surface area contributed by atoms with Gasteiger partial charge in [0.2, 0.25) is 0 Å². The number of benzene rings is 1. The summed E-state index contributed by atoms with van der Waals surface area (Å²) in [7, 11) is 0. The van der Waals surface area contributed by atoms with Gasteiger partial charge in [0.25, 0.3) is 0 Å². The minimum atomic E-state index is -0.491. The largest absolute Gasteiger partial charge is 0.456 e. The summed E-state index contributed by atoms with van der Waals surface area (Å²) in [5, 5.41) is 0. The molecule has 0 bridgehead atoms. The first kappa shape index (κ1) is 13.0. The van der Waals surface area contributed by atoms with Gasteiger partial charge in [-0.05, 0) is 61.6 Å². The predicted molar refractivity (Wildman–Crippen MR) is 72.3 cm³/mol. The summed E-state index contributed by atoms with van der Waals surface area (Å²) < 4.78 is 6.19. The molecule has 0 saturated carbocycles. The Morgan fingerprint density at radius 3 is 2.50 bits per heavy atom. The van der Waals surface area contributed by atoms with E-state index in [0.717, 1.165) is 3.57 Å². The molecule has 0 aliphatic heterocycles.